The lowest BCUT2D eigenvalue weighted by Crippen LogP contribution is -2.36. The number of fused-ring (bicyclic) bond motifs is 1. The Hall–Kier alpha value is -1.87. The van der Waals surface area contributed by atoms with E-state index in [2.05, 4.69) is 18.3 Å². The summed E-state index contributed by atoms with van der Waals surface area (Å²) in [5.74, 6) is -1.58. The first-order valence-corrected chi connectivity index (χ1v) is 10.4. The van der Waals surface area contributed by atoms with Crippen molar-refractivity contribution in [2.75, 3.05) is 5.32 Å². The maximum Gasteiger partial charge on any atom is 0.307 e. The van der Waals surface area contributed by atoms with Gasteiger partial charge in [0.25, 0.3) is 0 Å². The number of thiophene rings is 1. The Kier molecular flexibility index (Phi) is 5.98. The van der Waals surface area contributed by atoms with Crippen molar-refractivity contribution < 1.29 is 14.7 Å². The molecule has 1 amide bonds. The number of hydrogen-bond donors (Lipinski definition) is 2. The number of carboxylic acids is 1. The molecule has 0 radical (unpaired) electrons. The van der Waals surface area contributed by atoms with Crippen molar-refractivity contribution in [2.24, 2.45) is 17.8 Å². The van der Waals surface area contributed by atoms with E-state index in [4.69, 9.17) is 0 Å². The van der Waals surface area contributed by atoms with E-state index in [1.165, 1.54) is 29.1 Å². The number of anilines is 1. The van der Waals surface area contributed by atoms with Gasteiger partial charge in [-0.1, -0.05) is 32.6 Å². The number of nitriles is 1. The zero-order chi connectivity index (χ0) is 18.7. The van der Waals surface area contributed by atoms with E-state index >= 15 is 0 Å². The van der Waals surface area contributed by atoms with Crippen LogP contribution in [0.3, 0.4) is 0 Å². The maximum absolute atomic E-state index is 12.8. The van der Waals surface area contributed by atoms with Crippen LogP contribution in [0.5, 0.6) is 0 Å². The highest BCUT2D eigenvalue weighted by molar-refractivity contribution is 7.16. The lowest BCUT2D eigenvalue weighted by Gasteiger charge is -2.27. The quantitative estimate of drug-likeness (QED) is 0.801. The van der Waals surface area contributed by atoms with E-state index < -0.39 is 17.8 Å². The minimum Gasteiger partial charge on any atom is -0.481 e. The number of carboxylic acid groups (broad SMARTS) is 1. The molecule has 2 aliphatic rings. The van der Waals surface area contributed by atoms with Crippen LogP contribution in [0.2, 0.25) is 0 Å². The van der Waals surface area contributed by atoms with Gasteiger partial charge in [-0.3, -0.25) is 9.59 Å². The number of amides is 1. The Balaban J connectivity index is 1.78. The van der Waals surface area contributed by atoms with E-state index in [0.717, 1.165) is 37.7 Å². The third-order valence-electron chi connectivity index (χ3n) is 5.83. The molecule has 3 rings (SSSR count). The minimum atomic E-state index is -0.891. The molecular formula is C20H26N2O3S. The molecule has 2 aliphatic carbocycles. The second-order valence-corrected chi connectivity index (χ2v) is 8.65. The fraction of sp³-hybridized carbons (Fsp3) is 0.650. The Bertz CT molecular complexity index is 734. The molecule has 0 aromatic carbocycles. The predicted molar refractivity (Wildman–Crippen MR) is 101 cm³/mol. The standard InChI is InChI=1S/C20H26N2O3S/c1-2-5-12-8-9-13-16(11-21)19(26-17(13)10-12)22-18(23)14-6-3-4-7-15(14)20(24)25/h12,14-15H,2-10H2,1H3,(H,22,23)(H,24,25)/t12-,14+,15-/m1/s1. The van der Waals surface area contributed by atoms with Gasteiger partial charge >= 0.3 is 5.97 Å². The number of carbonyl (C=O) groups is 2. The summed E-state index contributed by atoms with van der Waals surface area (Å²) in [5, 5.41) is 22.5. The van der Waals surface area contributed by atoms with Crippen molar-refractivity contribution in [1.82, 2.24) is 0 Å². The van der Waals surface area contributed by atoms with E-state index in [1.807, 2.05) is 0 Å². The van der Waals surface area contributed by atoms with Crippen molar-refractivity contribution in [3.63, 3.8) is 0 Å². The minimum absolute atomic E-state index is 0.239. The molecule has 0 bridgehead atoms. The van der Waals surface area contributed by atoms with Crippen molar-refractivity contribution in [2.45, 2.75) is 64.7 Å². The maximum atomic E-state index is 12.8. The number of hydrogen-bond acceptors (Lipinski definition) is 4. The monoisotopic (exact) mass is 374 g/mol. The van der Waals surface area contributed by atoms with Gasteiger partial charge < -0.3 is 10.4 Å². The molecule has 26 heavy (non-hydrogen) atoms. The summed E-state index contributed by atoms with van der Waals surface area (Å²) in [6.45, 7) is 2.19. The molecule has 1 saturated carbocycles. The highest BCUT2D eigenvalue weighted by atomic mass is 32.1. The largest absolute Gasteiger partial charge is 0.481 e. The van der Waals surface area contributed by atoms with Crippen molar-refractivity contribution in [3.8, 4) is 6.07 Å². The van der Waals surface area contributed by atoms with Crippen molar-refractivity contribution in [3.05, 3.63) is 16.0 Å². The Morgan fingerprint density at radius 1 is 1.27 bits per heavy atom. The van der Waals surface area contributed by atoms with Crippen LogP contribution >= 0.6 is 11.3 Å². The van der Waals surface area contributed by atoms with Gasteiger partial charge in [-0.2, -0.15) is 5.26 Å². The zero-order valence-corrected chi connectivity index (χ0v) is 16.0. The van der Waals surface area contributed by atoms with E-state index in [-0.39, 0.29) is 5.91 Å². The molecule has 0 saturated heterocycles. The van der Waals surface area contributed by atoms with Gasteiger partial charge in [0.1, 0.15) is 11.1 Å². The molecular weight excluding hydrogens is 348 g/mol. The first kappa shape index (κ1) is 18.9. The molecule has 1 heterocycles. The molecule has 6 heteroatoms. The average Bonchev–Trinajstić information content (AvgIpc) is 2.98. The normalized spacial score (nSPS) is 25.2. The van der Waals surface area contributed by atoms with Crippen molar-refractivity contribution in [1.29, 1.82) is 5.26 Å². The van der Waals surface area contributed by atoms with Crippen LogP contribution in [0.4, 0.5) is 5.00 Å². The van der Waals surface area contributed by atoms with Gasteiger partial charge in [0, 0.05) is 4.88 Å². The molecule has 0 aliphatic heterocycles. The molecule has 3 atom stereocenters. The summed E-state index contributed by atoms with van der Waals surface area (Å²) >= 11 is 1.52. The number of rotatable bonds is 5. The number of nitrogens with one attached hydrogen (secondary N) is 1. The fourth-order valence-electron chi connectivity index (χ4n) is 4.46. The first-order valence-electron chi connectivity index (χ1n) is 9.63. The van der Waals surface area contributed by atoms with Gasteiger partial charge in [-0.15, -0.1) is 11.3 Å². The lowest BCUT2D eigenvalue weighted by atomic mass is 9.78. The van der Waals surface area contributed by atoms with Crippen LogP contribution in [0.25, 0.3) is 0 Å². The predicted octanol–water partition coefficient (Wildman–Crippen LogP) is 4.35. The van der Waals surface area contributed by atoms with E-state index in [1.54, 1.807) is 0 Å². The summed E-state index contributed by atoms with van der Waals surface area (Å²) in [7, 11) is 0. The second-order valence-electron chi connectivity index (χ2n) is 7.54. The van der Waals surface area contributed by atoms with Crippen LogP contribution in [0, 0.1) is 29.1 Å². The van der Waals surface area contributed by atoms with Crippen LogP contribution < -0.4 is 5.32 Å². The molecule has 1 aromatic rings. The third-order valence-corrected chi connectivity index (χ3v) is 7.00. The Labute approximate surface area is 158 Å². The number of aliphatic carboxylic acids is 1. The number of nitrogens with zero attached hydrogens (tertiary/aromatic N) is 1. The first-order chi connectivity index (χ1) is 12.5. The van der Waals surface area contributed by atoms with Gasteiger partial charge in [-0.05, 0) is 43.6 Å². The van der Waals surface area contributed by atoms with Crippen LogP contribution in [-0.4, -0.2) is 17.0 Å². The second kappa shape index (κ2) is 8.22. The van der Waals surface area contributed by atoms with Gasteiger partial charge in [0.05, 0.1) is 17.4 Å². The highest BCUT2D eigenvalue weighted by Gasteiger charge is 2.36. The van der Waals surface area contributed by atoms with Gasteiger partial charge in [0.15, 0.2) is 0 Å². The van der Waals surface area contributed by atoms with Crippen molar-refractivity contribution >= 4 is 28.2 Å². The molecule has 140 valence electrons. The van der Waals surface area contributed by atoms with Crippen LogP contribution in [0.15, 0.2) is 0 Å². The molecule has 5 nitrogen and oxygen atoms in total. The zero-order valence-electron chi connectivity index (χ0n) is 15.2. The van der Waals surface area contributed by atoms with E-state index in [9.17, 15) is 20.0 Å². The summed E-state index contributed by atoms with van der Waals surface area (Å²) in [4.78, 5) is 25.4. The Morgan fingerprint density at radius 2 is 2.00 bits per heavy atom. The lowest BCUT2D eigenvalue weighted by molar-refractivity contribution is -0.147. The smallest absolute Gasteiger partial charge is 0.307 e. The molecule has 0 unspecified atom stereocenters. The average molecular weight is 375 g/mol. The SMILES string of the molecule is CCC[C@@H]1CCc2c(sc(NC(=O)[C@H]3CCCC[C@H]3C(=O)O)c2C#N)C1. The highest BCUT2D eigenvalue weighted by Crippen LogP contribution is 2.41. The molecule has 1 aromatic heterocycles. The summed E-state index contributed by atoms with van der Waals surface area (Å²) in [5.41, 5.74) is 1.69. The summed E-state index contributed by atoms with van der Waals surface area (Å²) in [6, 6.07) is 2.27. The number of carbonyl (C=O) groups excluding carboxylic acids is 1. The summed E-state index contributed by atoms with van der Waals surface area (Å²) < 4.78 is 0. The molecule has 2 N–H and O–H groups in total. The molecule has 0 spiro atoms. The van der Waals surface area contributed by atoms with Crippen LogP contribution in [-0.2, 0) is 22.4 Å². The fourth-order valence-corrected chi connectivity index (χ4v) is 5.78. The van der Waals surface area contributed by atoms with E-state index in [0.29, 0.717) is 29.3 Å². The van der Waals surface area contributed by atoms with Crippen LogP contribution in [0.1, 0.15) is 67.9 Å². The van der Waals surface area contributed by atoms with Gasteiger partial charge in [0.2, 0.25) is 5.91 Å². The van der Waals surface area contributed by atoms with Gasteiger partial charge in [-0.25, -0.2) is 0 Å². The topological polar surface area (TPSA) is 90.2 Å². The Morgan fingerprint density at radius 3 is 2.65 bits per heavy atom. The molecule has 1 fully saturated rings. The summed E-state index contributed by atoms with van der Waals surface area (Å²) in [6.07, 6.45) is 8.25. The third kappa shape index (κ3) is 3.78.